The summed E-state index contributed by atoms with van der Waals surface area (Å²) >= 11 is 6.99. The molecule has 4 aromatic carbocycles. The molecule has 0 amide bonds. The standard InChI is InChI=1S/C28H27ClOP/c1-21-19-27(30-3)22(2)28(29)26(21)20-31(23-13-7-4-8-14-23,24-15-9-5-10-16-24)25-17-11-6-12-18-25/h4-19H,20H2,1-3H3/q+1. The third kappa shape index (κ3) is 4.01. The smallest absolute Gasteiger partial charge is 0.123 e. The van der Waals surface area contributed by atoms with Gasteiger partial charge < -0.3 is 4.74 Å². The molecule has 0 spiro atoms. The molecule has 0 aromatic heterocycles. The summed E-state index contributed by atoms with van der Waals surface area (Å²) in [5.74, 6) is 0.842. The van der Waals surface area contributed by atoms with Gasteiger partial charge in [-0.3, -0.25) is 0 Å². The van der Waals surface area contributed by atoms with Crippen molar-refractivity contribution >= 4 is 34.8 Å². The molecular formula is C28H27ClOP+. The summed E-state index contributed by atoms with van der Waals surface area (Å²) in [6.45, 7) is 4.18. The first-order chi connectivity index (χ1) is 15.1. The van der Waals surface area contributed by atoms with Gasteiger partial charge in [0, 0.05) is 11.1 Å². The summed E-state index contributed by atoms with van der Waals surface area (Å²) in [5, 5.41) is 4.88. The Bertz CT molecular complexity index is 1060. The highest BCUT2D eigenvalue weighted by Gasteiger charge is 2.46. The van der Waals surface area contributed by atoms with E-state index in [0.717, 1.165) is 22.5 Å². The molecule has 0 aliphatic carbocycles. The maximum Gasteiger partial charge on any atom is 0.123 e. The van der Waals surface area contributed by atoms with Crippen molar-refractivity contribution in [2.24, 2.45) is 0 Å². The molecule has 0 aliphatic rings. The highest BCUT2D eigenvalue weighted by molar-refractivity contribution is 7.95. The number of halogens is 1. The second-order valence-corrected chi connectivity index (χ2v) is 11.7. The zero-order chi connectivity index (χ0) is 21.8. The molecule has 0 unspecified atom stereocenters. The largest absolute Gasteiger partial charge is 0.496 e. The Kier molecular flexibility index (Phi) is 6.46. The van der Waals surface area contributed by atoms with Gasteiger partial charge >= 0.3 is 0 Å². The van der Waals surface area contributed by atoms with Crippen molar-refractivity contribution in [1.82, 2.24) is 0 Å². The van der Waals surface area contributed by atoms with Crippen LogP contribution in [0.3, 0.4) is 0 Å². The average Bonchev–Trinajstić information content (AvgIpc) is 2.83. The van der Waals surface area contributed by atoms with Crippen LogP contribution in [0.1, 0.15) is 16.7 Å². The van der Waals surface area contributed by atoms with Gasteiger partial charge in [0.2, 0.25) is 0 Å². The van der Waals surface area contributed by atoms with Crippen molar-refractivity contribution < 1.29 is 4.74 Å². The molecule has 0 radical (unpaired) electrons. The maximum absolute atomic E-state index is 6.99. The van der Waals surface area contributed by atoms with E-state index in [2.05, 4.69) is 104 Å². The molecule has 1 nitrogen and oxygen atoms in total. The first kappa shape index (κ1) is 21.6. The monoisotopic (exact) mass is 445 g/mol. The zero-order valence-corrected chi connectivity index (χ0v) is 19.8. The van der Waals surface area contributed by atoms with Crippen LogP contribution in [0.25, 0.3) is 0 Å². The number of methoxy groups -OCH3 is 1. The minimum atomic E-state index is -2.00. The lowest BCUT2D eigenvalue weighted by Gasteiger charge is -2.29. The van der Waals surface area contributed by atoms with E-state index < -0.39 is 7.26 Å². The molecular weight excluding hydrogens is 419 g/mol. The summed E-state index contributed by atoms with van der Waals surface area (Å²) in [7, 11) is -0.296. The van der Waals surface area contributed by atoms with E-state index in [1.54, 1.807) is 7.11 Å². The third-order valence-corrected chi connectivity index (χ3v) is 10.8. The number of ether oxygens (including phenoxy) is 1. The molecule has 0 saturated carbocycles. The van der Waals surface area contributed by atoms with E-state index in [1.165, 1.54) is 27.0 Å². The minimum absolute atomic E-state index is 0.809. The Labute approximate surface area is 191 Å². The summed E-state index contributed by atoms with van der Waals surface area (Å²) in [6.07, 6.45) is 0.862. The first-order valence-corrected chi connectivity index (χ1v) is 12.8. The van der Waals surface area contributed by atoms with Gasteiger partial charge in [0.15, 0.2) is 0 Å². The van der Waals surface area contributed by atoms with Crippen LogP contribution in [0.5, 0.6) is 5.75 Å². The van der Waals surface area contributed by atoms with Crippen LogP contribution < -0.4 is 20.7 Å². The molecule has 31 heavy (non-hydrogen) atoms. The molecule has 0 atom stereocenters. The summed E-state index contributed by atoms with van der Waals surface area (Å²) in [6, 6.07) is 34.9. The fourth-order valence-corrected chi connectivity index (χ4v) is 9.08. The van der Waals surface area contributed by atoms with Crippen molar-refractivity contribution in [3.8, 4) is 5.75 Å². The fraction of sp³-hybridized carbons (Fsp3) is 0.143. The highest BCUT2D eigenvalue weighted by Crippen LogP contribution is 2.59. The van der Waals surface area contributed by atoms with Crippen molar-refractivity contribution in [3.63, 3.8) is 0 Å². The molecule has 3 heteroatoms. The van der Waals surface area contributed by atoms with E-state index in [9.17, 15) is 0 Å². The topological polar surface area (TPSA) is 9.23 Å². The van der Waals surface area contributed by atoms with Crippen LogP contribution in [0, 0.1) is 13.8 Å². The van der Waals surface area contributed by atoms with E-state index in [1.807, 2.05) is 6.92 Å². The molecule has 0 saturated heterocycles. The van der Waals surface area contributed by atoms with Gasteiger partial charge in [-0.25, -0.2) is 0 Å². The van der Waals surface area contributed by atoms with Crippen LogP contribution in [0.2, 0.25) is 5.02 Å². The van der Waals surface area contributed by atoms with Gasteiger partial charge in [-0.05, 0) is 61.9 Å². The lowest BCUT2D eigenvalue weighted by Crippen LogP contribution is -2.32. The Balaban J connectivity index is 2.04. The van der Waals surface area contributed by atoms with Crippen LogP contribution in [-0.4, -0.2) is 7.11 Å². The SMILES string of the molecule is COc1cc(C)c(C[P+](c2ccccc2)(c2ccccc2)c2ccccc2)c(Cl)c1C. The van der Waals surface area contributed by atoms with E-state index in [0.29, 0.717) is 0 Å². The maximum atomic E-state index is 6.99. The number of aryl methyl sites for hydroxylation is 1. The number of rotatable bonds is 6. The predicted molar refractivity (Wildman–Crippen MR) is 136 cm³/mol. The Hall–Kier alpha value is -2.60. The van der Waals surface area contributed by atoms with Gasteiger partial charge in [0.25, 0.3) is 0 Å². The van der Waals surface area contributed by atoms with Crippen LogP contribution in [0.4, 0.5) is 0 Å². The summed E-state index contributed by atoms with van der Waals surface area (Å²) in [4.78, 5) is 0. The fourth-order valence-electron chi connectivity index (χ4n) is 4.31. The van der Waals surface area contributed by atoms with Crippen LogP contribution in [0.15, 0.2) is 97.1 Å². The zero-order valence-electron chi connectivity index (χ0n) is 18.2. The molecule has 4 aromatic rings. The predicted octanol–water partition coefficient (Wildman–Crippen LogP) is 6.46. The number of hydrogen-bond donors (Lipinski definition) is 0. The van der Waals surface area contributed by atoms with Gasteiger partial charge in [0.05, 0.1) is 12.1 Å². The van der Waals surface area contributed by atoms with E-state index in [4.69, 9.17) is 16.3 Å². The van der Waals surface area contributed by atoms with Crippen molar-refractivity contribution in [2.45, 2.75) is 20.0 Å². The van der Waals surface area contributed by atoms with Crippen molar-refractivity contribution in [3.05, 3.63) is 119 Å². The van der Waals surface area contributed by atoms with E-state index in [-0.39, 0.29) is 0 Å². The van der Waals surface area contributed by atoms with Crippen LogP contribution >= 0.6 is 18.9 Å². The van der Waals surface area contributed by atoms with E-state index >= 15 is 0 Å². The second kappa shape index (κ2) is 9.27. The summed E-state index contributed by atoms with van der Waals surface area (Å²) in [5.41, 5.74) is 3.36. The quantitative estimate of drug-likeness (QED) is 0.309. The lowest BCUT2D eigenvalue weighted by molar-refractivity contribution is 0.411. The normalized spacial score (nSPS) is 11.4. The first-order valence-electron chi connectivity index (χ1n) is 10.5. The van der Waals surface area contributed by atoms with Gasteiger partial charge in [0.1, 0.15) is 35.1 Å². The molecule has 0 bridgehead atoms. The van der Waals surface area contributed by atoms with Crippen LogP contribution in [-0.2, 0) is 6.16 Å². The molecule has 0 aliphatic heterocycles. The van der Waals surface area contributed by atoms with Gasteiger partial charge in [-0.15, -0.1) is 0 Å². The Morgan fingerprint density at radius 3 is 1.52 bits per heavy atom. The van der Waals surface area contributed by atoms with Crippen molar-refractivity contribution in [2.75, 3.05) is 7.11 Å². The third-order valence-electron chi connectivity index (χ3n) is 5.99. The second-order valence-electron chi connectivity index (χ2n) is 7.79. The molecule has 0 fully saturated rings. The Morgan fingerprint density at radius 2 is 1.13 bits per heavy atom. The molecule has 4 rings (SSSR count). The number of hydrogen-bond acceptors (Lipinski definition) is 1. The minimum Gasteiger partial charge on any atom is -0.496 e. The average molecular weight is 446 g/mol. The van der Waals surface area contributed by atoms with Gasteiger partial charge in [-0.2, -0.15) is 0 Å². The molecule has 0 N–H and O–H groups in total. The highest BCUT2D eigenvalue weighted by atomic mass is 35.5. The lowest BCUT2D eigenvalue weighted by atomic mass is 10.1. The number of benzene rings is 4. The Morgan fingerprint density at radius 1 is 0.710 bits per heavy atom. The summed E-state index contributed by atoms with van der Waals surface area (Å²) < 4.78 is 5.57. The molecule has 156 valence electrons. The van der Waals surface area contributed by atoms with Crippen molar-refractivity contribution in [1.29, 1.82) is 0 Å². The van der Waals surface area contributed by atoms with Gasteiger partial charge in [-0.1, -0.05) is 66.2 Å². The molecule has 0 heterocycles.